The van der Waals surface area contributed by atoms with E-state index >= 15 is 0 Å². The van der Waals surface area contributed by atoms with Crippen molar-refractivity contribution in [2.45, 2.75) is 19.3 Å². The number of piperidine rings is 1. The average Bonchev–Trinajstić information content (AvgIpc) is 2.64. The number of rotatable bonds is 3. The number of anilines is 1. The Balaban J connectivity index is 1.73. The highest BCUT2D eigenvalue weighted by atomic mass is 79.9. The van der Waals surface area contributed by atoms with Gasteiger partial charge < -0.3 is 10.2 Å². The molecule has 1 saturated heterocycles. The van der Waals surface area contributed by atoms with Crippen LogP contribution in [0, 0.1) is 0 Å². The van der Waals surface area contributed by atoms with Crippen LogP contribution in [-0.4, -0.2) is 34.8 Å². The van der Waals surface area contributed by atoms with Gasteiger partial charge in [-0.05, 0) is 49.6 Å². The number of halogens is 1. The number of amides is 2. The lowest BCUT2D eigenvalue weighted by Crippen LogP contribution is -2.35. The highest BCUT2D eigenvalue weighted by Gasteiger charge is 2.19. The van der Waals surface area contributed by atoms with Gasteiger partial charge in [-0.1, -0.05) is 15.9 Å². The predicted molar refractivity (Wildman–Crippen MR) is 96.1 cm³/mol. The van der Waals surface area contributed by atoms with Gasteiger partial charge >= 0.3 is 0 Å². The first-order chi connectivity index (χ1) is 11.6. The van der Waals surface area contributed by atoms with Crippen LogP contribution < -0.4 is 5.32 Å². The number of pyridine rings is 1. The molecule has 1 aliphatic rings. The number of hydrogen-bond acceptors (Lipinski definition) is 3. The molecule has 1 aromatic carbocycles. The van der Waals surface area contributed by atoms with Crippen LogP contribution in [0.1, 0.15) is 40.0 Å². The predicted octanol–water partition coefficient (Wildman–Crippen LogP) is 3.72. The molecule has 0 aliphatic carbocycles. The summed E-state index contributed by atoms with van der Waals surface area (Å²) >= 11 is 3.35. The Morgan fingerprint density at radius 1 is 1.00 bits per heavy atom. The molecular weight excluding hydrogens is 370 g/mol. The molecule has 0 radical (unpaired) electrons. The number of benzene rings is 1. The SMILES string of the molecule is O=C(Nc1ccc(Br)cc1)c1cncc(C(=O)N2CCCCC2)c1. The van der Waals surface area contributed by atoms with Gasteiger partial charge in [0.1, 0.15) is 0 Å². The summed E-state index contributed by atoms with van der Waals surface area (Å²) in [6, 6.07) is 8.92. The fourth-order valence-corrected chi connectivity index (χ4v) is 2.96. The topological polar surface area (TPSA) is 62.3 Å². The quantitative estimate of drug-likeness (QED) is 0.872. The van der Waals surface area contributed by atoms with Gasteiger partial charge in [-0.25, -0.2) is 0 Å². The fraction of sp³-hybridized carbons (Fsp3) is 0.278. The Bertz CT molecular complexity index is 740. The molecule has 0 unspecified atom stereocenters. The van der Waals surface area contributed by atoms with Crippen molar-refractivity contribution >= 4 is 33.4 Å². The van der Waals surface area contributed by atoms with Crippen molar-refractivity contribution in [3.63, 3.8) is 0 Å². The van der Waals surface area contributed by atoms with Gasteiger partial charge in [0.25, 0.3) is 11.8 Å². The highest BCUT2D eigenvalue weighted by molar-refractivity contribution is 9.10. The van der Waals surface area contributed by atoms with E-state index in [1.165, 1.54) is 12.4 Å². The third-order valence-electron chi connectivity index (χ3n) is 3.99. The third kappa shape index (κ3) is 4.00. The van der Waals surface area contributed by atoms with E-state index in [1.807, 2.05) is 17.0 Å². The fourth-order valence-electron chi connectivity index (χ4n) is 2.70. The lowest BCUT2D eigenvalue weighted by atomic mass is 10.1. The maximum atomic E-state index is 12.5. The van der Waals surface area contributed by atoms with Crippen LogP contribution in [0.2, 0.25) is 0 Å². The zero-order chi connectivity index (χ0) is 16.9. The summed E-state index contributed by atoms with van der Waals surface area (Å²) in [6.45, 7) is 1.54. The Morgan fingerprint density at radius 2 is 1.67 bits per heavy atom. The molecule has 0 saturated carbocycles. The molecule has 2 amide bonds. The lowest BCUT2D eigenvalue weighted by Gasteiger charge is -2.26. The average molecular weight is 388 g/mol. The van der Waals surface area contributed by atoms with E-state index in [-0.39, 0.29) is 11.8 Å². The Labute approximate surface area is 149 Å². The van der Waals surface area contributed by atoms with Gasteiger partial charge in [-0.15, -0.1) is 0 Å². The van der Waals surface area contributed by atoms with E-state index in [9.17, 15) is 9.59 Å². The van der Waals surface area contributed by atoms with Gasteiger partial charge in [0.2, 0.25) is 0 Å². The molecule has 0 atom stereocenters. The largest absolute Gasteiger partial charge is 0.339 e. The number of nitrogens with one attached hydrogen (secondary N) is 1. The van der Waals surface area contributed by atoms with Crippen LogP contribution >= 0.6 is 15.9 Å². The van der Waals surface area contributed by atoms with E-state index in [0.717, 1.165) is 36.8 Å². The Morgan fingerprint density at radius 3 is 2.38 bits per heavy atom. The van der Waals surface area contributed by atoms with Crippen LogP contribution in [0.3, 0.4) is 0 Å². The Kier molecular flexibility index (Phi) is 5.25. The zero-order valence-corrected chi connectivity index (χ0v) is 14.8. The monoisotopic (exact) mass is 387 g/mol. The van der Waals surface area contributed by atoms with Crippen LogP contribution in [0.15, 0.2) is 47.2 Å². The first-order valence-electron chi connectivity index (χ1n) is 7.95. The molecule has 2 heterocycles. The summed E-state index contributed by atoms with van der Waals surface area (Å²) in [4.78, 5) is 30.8. The van der Waals surface area contributed by atoms with Crippen molar-refractivity contribution < 1.29 is 9.59 Å². The van der Waals surface area contributed by atoms with Crippen LogP contribution in [-0.2, 0) is 0 Å². The molecule has 24 heavy (non-hydrogen) atoms. The lowest BCUT2D eigenvalue weighted by molar-refractivity contribution is 0.0724. The van der Waals surface area contributed by atoms with Crippen molar-refractivity contribution in [2.24, 2.45) is 0 Å². The first kappa shape index (κ1) is 16.6. The van der Waals surface area contributed by atoms with Gasteiger partial charge in [-0.3, -0.25) is 14.6 Å². The molecule has 3 rings (SSSR count). The molecule has 1 N–H and O–H groups in total. The second kappa shape index (κ2) is 7.57. The number of likely N-dealkylation sites (tertiary alicyclic amines) is 1. The summed E-state index contributed by atoms with van der Waals surface area (Å²) in [5, 5.41) is 2.81. The molecule has 124 valence electrons. The van der Waals surface area contributed by atoms with Gasteiger partial charge in [-0.2, -0.15) is 0 Å². The van der Waals surface area contributed by atoms with Gasteiger partial charge in [0.05, 0.1) is 11.1 Å². The van der Waals surface area contributed by atoms with Crippen molar-refractivity contribution in [3.8, 4) is 0 Å². The van der Waals surface area contributed by atoms with E-state index < -0.39 is 0 Å². The minimum atomic E-state index is -0.280. The first-order valence-corrected chi connectivity index (χ1v) is 8.74. The second-order valence-corrected chi connectivity index (χ2v) is 6.69. The van der Waals surface area contributed by atoms with Crippen molar-refractivity contribution in [2.75, 3.05) is 18.4 Å². The van der Waals surface area contributed by atoms with Crippen molar-refractivity contribution in [1.82, 2.24) is 9.88 Å². The number of hydrogen-bond donors (Lipinski definition) is 1. The summed E-state index contributed by atoms with van der Waals surface area (Å²) in [5.41, 5.74) is 1.53. The number of carbonyl (C=O) groups is 2. The maximum absolute atomic E-state index is 12.5. The van der Waals surface area contributed by atoms with Crippen LogP contribution in [0.4, 0.5) is 5.69 Å². The molecule has 6 heteroatoms. The summed E-state index contributed by atoms with van der Waals surface area (Å²) in [6.07, 6.45) is 6.22. The normalized spacial score (nSPS) is 14.3. The standard InChI is InChI=1S/C18H18BrN3O2/c19-15-4-6-16(7-5-15)21-17(23)13-10-14(12-20-11-13)18(24)22-8-2-1-3-9-22/h4-7,10-12H,1-3,8-9H2,(H,21,23). The molecule has 1 fully saturated rings. The number of carbonyl (C=O) groups excluding carboxylic acids is 2. The molecule has 0 bridgehead atoms. The highest BCUT2D eigenvalue weighted by Crippen LogP contribution is 2.16. The second-order valence-electron chi connectivity index (χ2n) is 5.78. The summed E-state index contributed by atoms with van der Waals surface area (Å²) in [7, 11) is 0. The third-order valence-corrected chi connectivity index (χ3v) is 4.52. The summed E-state index contributed by atoms with van der Waals surface area (Å²) < 4.78 is 0.941. The molecule has 1 aliphatic heterocycles. The van der Waals surface area contributed by atoms with Crippen molar-refractivity contribution in [1.29, 1.82) is 0 Å². The number of aromatic nitrogens is 1. The molecule has 0 spiro atoms. The van der Waals surface area contributed by atoms with Crippen LogP contribution in [0.25, 0.3) is 0 Å². The van der Waals surface area contributed by atoms with Crippen molar-refractivity contribution in [3.05, 3.63) is 58.3 Å². The van der Waals surface area contributed by atoms with Crippen LogP contribution in [0.5, 0.6) is 0 Å². The smallest absolute Gasteiger partial charge is 0.257 e. The number of nitrogens with zero attached hydrogens (tertiary/aromatic N) is 2. The molecule has 2 aromatic rings. The molecular formula is C18H18BrN3O2. The summed E-state index contributed by atoms with van der Waals surface area (Å²) in [5.74, 6) is -0.335. The van der Waals surface area contributed by atoms with Gasteiger partial charge in [0.15, 0.2) is 0 Å². The minimum absolute atomic E-state index is 0.0551. The zero-order valence-electron chi connectivity index (χ0n) is 13.2. The molecule has 5 nitrogen and oxygen atoms in total. The molecule has 1 aromatic heterocycles. The van der Waals surface area contributed by atoms with E-state index in [1.54, 1.807) is 18.2 Å². The van der Waals surface area contributed by atoms with E-state index in [0.29, 0.717) is 16.8 Å². The van der Waals surface area contributed by atoms with E-state index in [2.05, 4.69) is 26.2 Å². The minimum Gasteiger partial charge on any atom is -0.339 e. The maximum Gasteiger partial charge on any atom is 0.257 e. The Hall–Kier alpha value is -2.21. The van der Waals surface area contributed by atoms with Gasteiger partial charge in [0, 0.05) is 35.6 Å². The van der Waals surface area contributed by atoms with E-state index in [4.69, 9.17) is 0 Å².